The predicted octanol–water partition coefficient (Wildman–Crippen LogP) is 3.86. The number of likely N-dealkylation sites (tertiary alicyclic amines) is 1. The molecule has 23 heavy (non-hydrogen) atoms. The maximum atomic E-state index is 12.2. The second-order valence-corrected chi connectivity index (χ2v) is 6.94. The van der Waals surface area contributed by atoms with E-state index in [-0.39, 0.29) is 18.2 Å². The van der Waals surface area contributed by atoms with Crippen LogP contribution >= 0.6 is 0 Å². The molecule has 0 aromatic heterocycles. The Hall–Kier alpha value is -1.91. The summed E-state index contributed by atoms with van der Waals surface area (Å²) in [6.07, 6.45) is 1.37. The maximum Gasteiger partial charge on any atom is 0.410 e. The Labute approximate surface area is 138 Å². The first-order valence-electron chi connectivity index (χ1n) is 8.09. The van der Waals surface area contributed by atoms with Gasteiger partial charge in [-0.05, 0) is 39.8 Å². The van der Waals surface area contributed by atoms with Gasteiger partial charge in [-0.25, -0.2) is 4.79 Å². The second kappa shape index (κ2) is 7.11. The molecular weight excluding hydrogens is 294 g/mol. The first kappa shape index (κ1) is 17.4. The zero-order chi connectivity index (χ0) is 17.0. The Morgan fingerprint density at radius 3 is 2.43 bits per heavy atom. The fourth-order valence-electron chi connectivity index (χ4n) is 2.72. The zero-order valence-electron chi connectivity index (χ0n) is 14.7. The highest BCUT2D eigenvalue weighted by molar-refractivity contribution is 5.68. The summed E-state index contributed by atoms with van der Waals surface area (Å²) in [6.45, 7) is 8.31. The van der Waals surface area contributed by atoms with Gasteiger partial charge in [0.25, 0.3) is 0 Å². The van der Waals surface area contributed by atoms with E-state index in [1.807, 2.05) is 52.0 Å². The van der Waals surface area contributed by atoms with Crippen LogP contribution < -0.4 is 9.47 Å². The third-order valence-corrected chi connectivity index (χ3v) is 3.82. The van der Waals surface area contributed by atoms with Gasteiger partial charge in [-0.1, -0.05) is 12.1 Å². The summed E-state index contributed by atoms with van der Waals surface area (Å²) in [5, 5.41) is 0. The largest absolute Gasteiger partial charge is 0.493 e. The van der Waals surface area contributed by atoms with Gasteiger partial charge in [-0.15, -0.1) is 0 Å². The smallest absolute Gasteiger partial charge is 0.410 e. The van der Waals surface area contributed by atoms with Crippen LogP contribution in [-0.2, 0) is 4.74 Å². The van der Waals surface area contributed by atoms with Crippen LogP contribution in [0, 0.1) is 0 Å². The quantitative estimate of drug-likeness (QED) is 0.848. The normalized spacial score (nSPS) is 21.7. The highest BCUT2D eigenvalue weighted by Gasteiger charge is 2.32. The minimum absolute atomic E-state index is 0.0694. The molecule has 2 rings (SSSR count). The van der Waals surface area contributed by atoms with Crippen molar-refractivity contribution in [2.24, 2.45) is 0 Å². The molecule has 1 aliphatic rings. The lowest BCUT2D eigenvalue weighted by Crippen LogP contribution is -2.49. The number of rotatable bonds is 3. The lowest BCUT2D eigenvalue weighted by molar-refractivity contribution is -0.00130. The van der Waals surface area contributed by atoms with E-state index in [0.717, 1.165) is 24.3 Å². The summed E-state index contributed by atoms with van der Waals surface area (Å²) < 4.78 is 16.9. The van der Waals surface area contributed by atoms with Gasteiger partial charge in [0.1, 0.15) is 11.7 Å². The average Bonchev–Trinajstić information content (AvgIpc) is 2.46. The Bertz CT molecular complexity index is 538. The third-order valence-electron chi connectivity index (χ3n) is 3.82. The Kier molecular flexibility index (Phi) is 5.39. The lowest BCUT2D eigenvalue weighted by atomic mass is 10.0. The van der Waals surface area contributed by atoms with Crippen LogP contribution in [0.25, 0.3) is 0 Å². The minimum Gasteiger partial charge on any atom is -0.493 e. The molecule has 5 heteroatoms. The van der Waals surface area contributed by atoms with Crippen molar-refractivity contribution >= 4 is 6.09 Å². The van der Waals surface area contributed by atoms with Crippen LogP contribution in [0.2, 0.25) is 0 Å². The van der Waals surface area contributed by atoms with Gasteiger partial charge >= 0.3 is 6.09 Å². The van der Waals surface area contributed by atoms with Crippen LogP contribution in [0.4, 0.5) is 4.79 Å². The molecular formula is C18H27NO4. The van der Waals surface area contributed by atoms with Crippen molar-refractivity contribution in [2.75, 3.05) is 13.7 Å². The van der Waals surface area contributed by atoms with E-state index in [1.54, 1.807) is 12.0 Å². The summed E-state index contributed by atoms with van der Waals surface area (Å²) in [6, 6.07) is 7.72. The number of piperidine rings is 1. The molecule has 1 heterocycles. The Morgan fingerprint density at radius 1 is 1.22 bits per heavy atom. The molecule has 1 saturated heterocycles. The predicted molar refractivity (Wildman–Crippen MR) is 89.0 cm³/mol. The summed E-state index contributed by atoms with van der Waals surface area (Å²) >= 11 is 0. The highest BCUT2D eigenvalue weighted by Crippen LogP contribution is 2.30. The van der Waals surface area contributed by atoms with Crippen molar-refractivity contribution in [3.63, 3.8) is 0 Å². The van der Waals surface area contributed by atoms with Crippen LogP contribution in [-0.4, -0.2) is 42.4 Å². The van der Waals surface area contributed by atoms with Crippen molar-refractivity contribution in [1.29, 1.82) is 0 Å². The van der Waals surface area contributed by atoms with Crippen molar-refractivity contribution in [1.82, 2.24) is 4.90 Å². The first-order valence-corrected chi connectivity index (χ1v) is 8.09. The number of carbonyl (C=O) groups is 1. The van der Waals surface area contributed by atoms with Gasteiger partial charge in [-0.3, -0.25) is 0 Å². The Morgan fingerprint density at radius 2 is 1.87 bits per heavy atom. The summed E-state index contributed by atoms with van der Waals surface area (Å²) in [5.74, 6) is 1.48. The van der Waals surface area contributed by atoms with E-state index < -0.39 is 5.60 Å². The fourth-order valence-corrected chi connectivity index (χ4v) is 2.72. The lowest BCUT2D eigenvalue weighted by Gasteiger charge is -2.38. The molecule has 0 aliphatic carbocycles. The molecule has 1 fully saturated rings. The number of methoxy groups -OCH3 is 1. The number of hydrogen-bond acceptors (Lipinski definition) is 4. The maximum absolute atomic E-state index is 12.2. The van der Waals surface area contributed by atoms with E-state index >= 15 is 0 Å². The summed E-state index contributed by atoms with van der Waals surface area (Å²) in [4.78, 5) is 14.0. The summed E-state index contributed by atoms with van der Waals surface area (Å²) in [5.41, 5.74) is -0.471. The topological polar surface area (TPSA) is 48.0 Å². The van der Waals surface area contributed by atoms with E-state index in [2.05, 4.69) is 0 Å². The van der Waals surface area contributed by atoms with Crippen molar-refractivity contribution in [3.8, 4) is 11.5 Å². The number of nitrogens with zero attached hydrogens (tertiary/aromatic N) is 1. The molecule has 0 radical (unpaired) electrons. The molecule has 0 N–H and O–H groups in total. The molecule has 1 unspecified atom stereocenters. The Balaban J connectivity index is 1.95. The number of carbonyl (C=O) groups excluding carboxylic acids is 1. The standard InChI is InChI=1S/C18H27NO4/c1-13-12-14(22-16-9-7-6-8-15(16)21-5)10-11-19(13)17(20)23-18(2,3)4/h6-9,13-14H,10-12H2,1-5H3/t13-,14?/m0/s1. The SMILES string of the molecule is COc1ccccc1OC1CCN(C(=O)OC(C)(C)C)[C@@H](C)C1. The number of para-hydroxylation sites is 2. The molecule has 1 aliphatic heterocycles. The minimum atomic E-state index is -0.471. The van der Waals surface area contributed by atoms with Gasteiger partial charge in [0.2, 0.25) is 0 Å². The van der Waals surface area contributed by atoms with Crippen molar-refractivity contribution in [3.05, 3.63) is 24.3 Å². The van der Waals surface area contributed by atoms with Gasteiger partial charge in [0, 0.05) is 25.4 Å². The molecule has 1 aromatic carbocycles. The molecule has 0 spiro atoms. The van der Waals surface area contributed by atoms with Crippen LogP contribution in [0.3, 0.4) is 0 Å². The molecule has 0 saturated carbocycles. The number of amides is 1. The highest BCUT2D eigenvalue weighted by atomic mass is 16.6. The molecule has 128 valence electrons. The van der Waals surface area contributed by atoms with Crippen LogP contribution in [0.1, 0.15) is 40.5 Å². The van der Waals surface area contributed by atoms with Gasteiger partial charge in [0.05, 0.1) is 7.11 Å². The molecule has 1 aromatic rings. The average molecular weight is 321 g/mol. The summed E-state index contributed by atoms with van der Waals surface area (Å²) in [7, 11) is 1.63. The van der Waals surface area contributed by atoms with Crippen LogP contribution in [0.5, 0.6) is 11.5 Å². The van der Waals surface area contributed by atoms with E-state index in [0.29, 0.717) is 6.54 Å². The molecule has 1 amide bonds. The monoisotopic (exact) mass is 321 g/mol. The van der Waals surface area contributed by atoms with Gasteiger partial charge in [0.15, 0.2) is 11.5 Å². The van der Waals surface area contributed by atoms with Crippen LogP contribution in [0.15, 0.2) is 24.3 Å². The third kappa shape index (κ3) is 4.78. The fraction of sp³-hybridized carbons (Fsp3) is 0.611. The zero-order valence-corrected chi connectivity index (χ0v) is 14.7. The number of ether oxygens (including phenoxy) is 3. The second-order valence-electron chi connectivity index (χ2n) is 6.94. The van der Waals surface area contributed by atoms with E-state index in [9.17, 15) is 4.79 Å². The van der Waals surface area contributed by atoms with E-state index in [4.69, 9.17) is 14.2 Å². The number of hydrogen-bond donors (Lipinski definition) is 0. The van der Waals surface area contributed by atoms with Gasteiger partial charge < -0.3 is 19.1 Å². The van der Waals surface area contributed by atoms with Gasteiger partial charge in [-0.2, -0.15) is 0 Å². The van der Waals surface area contributed by atoms with Crippen molar-refractivity contribution in [2.45, 2.75) is 58.3 Å². The van der Waals surface area contributed by atoms with Crippen molar-refractivity contribution < 1.29 is 19.0 Å². The number of benzene rings is 1. The molecule has 5 nitrogen and oxygen atoms in total. The first-order chi connectivity index (χ1) is 10.8. The molecule has 0 bridgehead atoms. The van der Waals surface area contributed by atoms with E-state index in [1.165, 1.54) is 0 Å². The molecule has 2 atom stereocenters.